The Bertz CT molecular complexity index is 683. The average Bonchev–Trinajstić information content (AvgIpc) is 2.46. The highest BCUT2D eigenvalue weighted by atomic mass is 19.4. The number of halogens is 3. The maximum absolute atomic E-state index is 12.7. The van der Waals surface area contributed by atoms with Gasteiger partial charge in [-0.05, 0) is 34.9 Å². The van der Waals surface area contributed by atoms with Crippen molar-refractivity contribution in [2.24, 2.45) is 5.73 Å². The molecule has 0 aliphatic rings. The van der Waals surface area contributed by atoms with Gasteiger partial charge in [0.2, 0.25) is 0 Å². The Morgan fingerprint density at radius 3 is 2.27 bits per heavy atom. The topological polar surface area (TPSA) is 63.3 Å². The highest BCUT2D eigenvalue weighted by Crippen LogP contribution is 2.32. The van der Waals surface area contributed by atoms with Gasteiger partial charge in [0.05, 0.1) is 12.0 Å². The average molecular weight is 309 g/mol. The molecule has 0 saturated heterocycles. The molecule has 0 radical (unpaired) electrons. The van der Waals surface area contributed by atoms with Gasteiger partial charge in [-0.2, -0.15) is 13.2 Å². The summed E-state index contributed by atoms with van der Waals surface area (Å²) in [6, 6.07) is 10.8. The molecule has 116 valence electrons. The van der Waals surface area contributed by atoms with E-state index in [0.717, 1.165) is 12.1 Å². The maximum Gasteiger partial charge on any atom is 0.416 e. The minimum absolute atomic E-state index is 0.244. The summed E-state index contributed by atoms with van der Waals surface area (Å²) in [5.74, 6) is -1.03. The van der Waals surface area contributed by atoms with Crippen LogP contribution in [0.3, 0.4) is 0 Å². The van der Waals surface area contributed by atoms with Crippen LogP contribution in [0.15, 0.2) is 48.5 Å². The van der Waals surface area contributed by atoms with Crippen molar-refractivity contribution in [3.63, 3.8) is 0 Å². The third-order valence-electron chi connectivity index (χ3n) is 3.23. The lowest BCUT2D eigenvalue weighted by atomic mass is 9.97. The van der Waals surface area contributed by atoms with E-state index in [1.165, 1.54) is 6.07 Å². The summed E-state index contributed by atoms with van der Waals surface area (Å²) in [7, 11) is 0. The van der Waals surface area contributed by atoms with E-state index < -0.39 is 23.8 Å². The molecule has 0 amide bonds. The Morgan fingerprint density at radius 2 is 1.68 bits per heavy atom. The fraction of sp³-hybridized carbons (Fsp3) is 0.188. The molecule has 2 rings (SSSR count). The monoisotopic (exact) mass is 309 g/mol. The molecule has 0 aromatic heterocycles. The summed E-state index contributed by atoms with van der Waals surface area (Å²) in [6.45, 7) is 0. The van der Waals surface area contributed by atoms with Crippen molar-refractivity contribution in [1.82, 2.24) is 0 Å². The fourth-order valence-electron chi connectivity index (χ4n) is 2.13. The molecule has 1 atom stereocenters. The number of rotatable bonds is 4. The molecule has 1 unspecified atom stereocenters. The summed E-state index contributed by atoms with van der Waals surface area (Å²) >= 11 is 0. The molecule has 0 aliphatic carbocycles. The van der Waals surface area contributed by atoms with Gasteiger partial charge < -0.3 is 10.8 Å². The molecule has 2 aromatic rings. The first-order valence-electron chi connectivity index (χ1n) is 6.52. The first kappa shape index (κ1) is 16.0. The zero-order valence-electron chi connectivity index (χ0n) is 11.5. The number of benzene rings is 2. The van der Waals surface area contributed by atoms with Gasteiger partial charge in [0, 0.05) is 6.04 Å². The number of carbonyl (C=O) groups is 1. The van der Waals surface area contributed by atoms with E-state index in [9.17, 15) is 18.0 Å². The van der Waals surface area contributed by atoms with Gasteiger partial charge in [0.25, 0.3) is 0 Å². The lowest BCUT2D eigenvalue weighted by Gasteiger charge is -2.12. The number of nitrogens with two attached hydrogens (primary N) is 1. The van der Waals surface area contributed by atoms with E-state index in [1.807, 2.05) is 0 Å². The number of carboxylic acid groups (broad SMARTS) is 1. The molecule has 3 nitrogen and oxygen atoms in total. The summed E-state index contributed by atoms with van der Waals surface area (Å²) in [5, 5.41) is 8.75. The first-order valence-corrected chi connectivity index (χ1v) is 6.52. The molecule has 6 heteroatoms. The molecule has 0 spiro atoms. The van der Waals surface area contributed by atoms with Gasteiger partial charge in [0.1, 0.15) is 0 Å². The summed E-state index contributed by atoms with van der Waals surface area (Å²) < 4.78 is 38.2. The summed E-state index contributed by atoms with van der Waals surface area (Å²) in [6.07, 6.45) is -4.65. The number of alkyl halides is 3. The van der Waals surface area contributed by atoms with Gasteiger partial charge in [0.15, 0.2) is 0 Å². The van der Waals surface area contributed by atoms with Crippen LogP contribution in [-0.2, 0) is 11.0 Å². The molecule has 0 aliphatic heterocycles. The molecule has 0 saturated carbocycles. The molecular weight excluding hydrogens is 295 g/mol. The van der Waals surface area contributed by atoms with Crippen molar-refractivity contribution in [2.45, 2.75) is 18.6 Å². The third-order valence-corrected chi connectivity index (χ3v) is 3.23. The molecule has 3 N–H and O–H groups in total. The molecule has 0 heterocycles. The van der Waals surface area contributed by atoms with E-state index in [1.54, 1.807) is 30.3 Å². The van der Waals surface area contributed by atoms with Crippen LogP contribution < -0.4 is 5.73 Å². The minimum atomic E-state index is -4.41. The molecular formula is C16H14F3NO2. The van der Waals surface area contributed by atoms with Crippen molar-refractivity contribution in [3.05, 3.63) is 59.7 Å². The van der Waals surface area contributed by atoms with Gasteiger partial charge in [-0.3, -0.25) is 4.79 Å². The summed E-state index contributed by atoms with van der Waals surface area (Å²) in [5.41, 5.74) is 6.58. The molecule has 0 fully saturated rings. The van der Waals surface area contributed by atoms with Crippen molar-refractivity contribution >= 4 is 5.97 Å². The Balaban J connectivity index is 2.36. The van der Waals surface area contributed by atoms with Crippen molar-refractivity contribution in [1.29, 1.82) is 0 Å². The molecule has 22 heavy (non-hydrogen) atoms. The van der Waals surface area contributed by atoms with Crippen molar-refractivity contribution in [3.8, 4) is 11.1 Å². The minimum Gasteiger partial charge on any atom is -0.481 e. The van der Waals surface area contributed by atoms with Gasteiger partial charge >= 0.3 is 12.1 Å². The van der Waals surface area contributed by atoms with Crippen molar-refractivity contribution in [2.75, 3.05) is 0 Å². The third kappa shape index (κ3) is 3.85. The SMILES string of the molecule is NC(CC(=O)O)c1cccc(-c2cccc(C(F)(F)F)c2)c1. The number of hydrogen-bond acceptors (Lipinski definition) is 2. The van der Waals surface area contributed by atoms with Crippen LogP contribution >= 0.6 is 0 Å². The van der Waals surface area contributed by atoms with E-state index in [-0.39, 0.29) is 6.42 Å². The van der Waals surface area contributed by atoms with Gasteiger partial charge in [-0.15, -0.1) is 0 Å². The molecule has 2 aromatic carbocycles. The van der Waals surface area contributed by atoms with E-state index in [2.05, 4.69) is 0 Å². The van der Waals surface area contributed by atoms with E-state index in [4.69, 9.17) is 10.8 Å². The zero-order chi connectivity index (χ0) is 16.3. The van der Waals surface area contributed by atoms with Crippen LogP contribution in [0, 0.1) is 0 Å². The normalized spacial score (nSPS) is 12.9. The van der Waals surface area contributed by atoms with E-state index in [0.29, 0.717) is 16.7 Å². The first-order chi connectivity index (χ1) is 10.3. The predicted octanol–water partition coefficient (Wildman–Crippen LogP) is 3.85. The molecule has 0 bridgehead atoms. The predicted molar refractivity (Wildman–Crippen MR) is 76.1 cm³/mol. The number of aliphatic carboxylic acids is 1. The number of hydrogen-bond donors (Lipinski definition) is 2. The van der Waals surface area contributed by atoms with Crippen LogP contribution in [0.4, 0.5) is 13.2 Å². The van der Waals surface area contributed by atoms with Crippen LogP contribution in [0.5, 0.6) is 0 Å². The second-order valence-corrected chi connectivity index (χ2v) is 4.91. The maximum atomic E-state index is 12.7. The zero-order valence-corrected chi connectivity index (χ0v) is 11.5. The standard InChI is InChI=1S/C16H14F3NO2/c17-16(18,19)13-6-2-4-11(8-13)10-3-1-5-12(7-10)14(20)9-15(21)22/h1-8,14H,9,20H2,(H,21,22). The highest BCUT2D eigenvalue weighted by molar-refractivity contribution is 5.69. The van der Waals surface area contributed by atoms with Crippen LogP contribution in [0.2, 0.25) is 0 Å². The second kappa shape index (κ2) is 6.19. The second-order valence-electron chi connectivity index (χ2n) is 4.91. The Hall–Kier alpha value is -2.34. The number of carboxylic acids is 1. The quantitative estimate of drug-likeness (QED) is 0.901. The van der Waals surface area contributed by atoms with Gasteiger partial charge in [-0.1, -0.05) is 30.3 Å². The van der Waals surface area contributed by atoms with Crippen molar-refractivity contribution < 1.29 is 23.1 Å². The lowest BCUT2D eigenvalue weighted by Crippen LogP contribution is -2.14. The Morgan fingerprint density at radius 1 is 1.09 bits per heavy atom. The lowest BCUT2D eigenvalue weighted by molar-refractivity contribution is -0.138. The highest BCUT2D eigenvalue weighted by Gasteiger charge is 2.30. The van der Waals surface area contributed by atoms with Gasteiger partial charge in [-0.25, -0.2) is 0 Å². The Kier molecular flexibility index (Phi) is 4.51. The van der Waals surface area contributed by atoms with E-state index >= 15 is 0 Å². The Labute approximate surface area is 125 Å². The fourth-order valence-corrected chi connectivity index (χ4v) is 2.13. The van der Waals surface area contributed by atoms with Crippen LogP contribution in [-0.4, -0.2) is 11.1 Å². The summed E-state index contributed by atoms with van der Waals surface area (Å²) in [4.78, 5) is 10.7. The van der Waals surface area contributed by atoms with Crippen LogP contribution in [0.1, 0.15) is 23.6 Å². The smallest absolute Gasteiger partial charge is 0.416 e. The largest absolute Gasteiger partial charge is 0.481 e. The van der Waals surface area contributed by atoms with Crippen LogP contribution in [0.25, 0.3) is 11.1 Å².